The molecule has 0 spiro atoms. The molecule has 1 unspecified atom stereocenters. The Morgan fingerprint density at radius 3 is 2.50 bits per heavy atom. The second-order valence-corrected chi connectivity index (χ2v) is 4.04. The van der Waals surface area contributed by atoms with Crippen molar-refractivity contribution in [3.05, 3.63) is 48.3 Å². The predicted molar refractivity (Wildman–Crippen MR) is 65.6 cm³/mol. The van der Waals surface area contributed by atoms with E-state index in [1.807, 2.05) is 24.4 Å². The minimum Gasteiger partial charge on any atom is -0.479 e. The van der Waals surface area contributed by atoms with Crippen molar-refractivity contribution in [2.75, 3.05) is 7.11 Å². The number of carbonyl (C=O) groups is 1. The van der Waals surface area contributed by atoms with E-state index in [0.717, 1.165) is 5.69 Å². The van der Waals surface area contributed by atoms with E-state index < -0.39 is 11.6 Å². The molecule has 0 aliphatic carbocycles. The molecule has 2 aromatic rings. The van der Waals surface area contributed by atoms with E-state index in [0.29, 0.717) is 5.56 Å². The van der Waals surface area contributed by atoms with Gasteiger partial charge < -0.3 is 9.84 Å². The molecule has 18 heavy (non-hydrogen) atoms. The van der Waals surface area contributed by atoms with Crippen molar-refractivity contribution in [3.63, 3.8) is 0 Å². The third-order valence-electron chi connectivity index (χ3n) is 3.00. The molecule has 5 heteroatoms. The van der Waals surface area contributed by atoms with Crippen molar-refractivity contribution in [1.82, 2.24) is 9.78 Å². The summed E-state index contributed by atoms with van der Waals surface area (Å²) in [5.41, 5.74) is 0.129. The van der Waals surface area contributed by atoms with Crippen LogP contribution in [0, 0.1) is 0 Å². The normalized spacial score (nSPS) is 14.1. The van der Waals surface area contributed by atoms with Gasteiger partial charge in [-0.15, -0.1) is 0 Å². The summed E-state index contributed by atoms with van der Waals surface area (Å²) >= 11 is 0. The van der Waals surface area contributed by atoms with Gasteiger partial charge in [-0.25, -0.2) is 9.48 Å². The largest absolute Gasteiger partial charge is 0.479 e. The van der Waals surface area contributed by atoms with Gasteiger partial charge >= 0.3 is 5.97 Å². The quantitative estimate of drug-likeness (QED) is 0.893. The van der Waals surface area contributed by atoms with Crippen LogP contribution in [0.5, 0.6) is 0 Å². The van der Waals surface area contributed by atoms with Crippen LogP contribution in [0.4, 0.5) is 0 Å². The van der Waals surface area contributed by atoms with Gasteiger partial charge in [0.05, 0.1) is 5.69 Å². The first-order chi connectivity index (χ1) is 8.58. The van der Waals surface area contributed by atoms with E-state index in [1.54, 1.807) is 23.0 Å². The Hall–Kier alpha value is -2.14. The number of hydrogen-bond acceptors (Lipinski definition) is 3. The Morgan fingerprint density at radius 1 is 1.39 bits per heavy atom. The van der Waals surface area contributed by atoms with Gasteiger partial charge in [-0.05, 0) is 30.7 Å². The van der Waals surface area contributed by atoms with E-state index in [9.17, 15) is 9.90 Å². The van der Waals surface area contributed by atoms with Crippen molar-refractivity contribution < 1.29 is 14.6 Å². The molecule has 1 aromatic heterocycles. The summed E-state index contributed by atoms with van der Waals surface area (Å²) in [6.45, 7) is 1.53. The molecule has 2 rings (SSSR count). The van der Waals surface area contributed by atoms with Gasteiger partial charge in [0.15, 0.2) is 5.60 Å². The lowest BCUT2D eigenvalue weighted by Crippen LogP contribution is -2.34. The maximum atomic E-state index is 11.2. The molecule has 0 bridgehead atoms. The first-order valence-electron chi connectivity index (χ1n) is 5.47. The number of aromatic nitrogens is 2. The van der Waals surface area contributed by atoms with Crippen LogP contribution in [0.2, 0.25) is 0 Å². The SMILES string of the molecule is COC(C)(C(=O)O)c1ccc(-n2cccn2)cc1. The molecule has 0 aliphatic rings. The fourth-order valence-electron chi connectivity index (χ4n) is 1.68. The molecule has 5 nitrogen and oxygen atoms in total. The molecule has 0 saturated carbocycles. The zero-order valence-electron chi connectivity index (χ0n) is 10.2. The van der Waals surface area contributed by atoms with Crippen LogP contribution in [-0.2, 0) is 15.1 Å². The standard InChI is InChI=1S/C13H14N2O3/c1-13(18-2,12(16)17)10-4-6-11(7-5-10)15-9-3-8-14-15/h3-9H,1-2H3,(H,16,17). The minimum absolute atomic E-state index is 0.591. The average molecular weight is 246 g/mol. The number of hydrogen-bond donors (Lipinski definition) is 1. The van der Waals surface area contributed by atoms with E-state index >= 15 is 0 Å². The molecule has 0 radical (unpaired) electrons. The first kappa shape index (κ1) is 12.3. The van der Waals surface area contributed by atoms with Crippen LogP contribution in [0.25, 0.3) is 5.69 Å². The number of nitrogens with zero attached hydrogens (tertiary/aromatic N) is 2. The molecule has 1 aromatic carbocycles. The fourth-order valence-corrected chi connectivity index (χ4v) is 1.68. The van der Waals surface area contributed by atoms with Crippen LogP contribution in [0.1, 0.15) is 12.5 Å². The van der Waals surface area contributed by atoms with E-state index in [1.165, 1.54) is 14.0 Å². The van der Waals surface area contributed by atoms with Gasteiger partial charge in [-0.1, -0.05) is 12.1 Å². The number of carboxylic acids is 1. The van der Waals surface area contributed by atoms with E-state index in [4.69, 9.17) is 4.74 Å². The highest BCUT2D eigenvalue weighted by Gasteiger charge is 2.34. The number of aliphatic carboxylic acids is 1. The van der Waals surface area contributed by atoms with Crippen LogP contribution in [0.15, 0.2) is 42.7 Å². The third kappa shape index (κ3) is 2.00. The van der Waals surface area contributed by atoms with Gasteiger partial charge in [-0.3, -0.25) is 0 Å². The molecule has 1 N–H and O–H groups in total. The second kappa shape index (κ2) is 4.62. The third-order valence-corrected chi connectivity index (χ3v) is 3.00. The van der Waals surface area contributed by atoms with Crippen LogP contribution in [0.3, 0.4) is 0 Å². The molecule has 0 saturated heterocycles. The Labute approximate surface area is 105 Å². The fraction of sp³-hybridized carbons (Fsp3) is 0.231. The van der Waals surface area contributed by atoms with Crippen molar-refractivity contribution in [2.24, 2.45) is 0 Å². The zero-order chi connectivity index (χ0) is 13.2. The highest BCUT2D eigenvalue weighted by Crippen LogP contribution is 2.25. The summed E-state index contributed by atoms with van der Waals surface area (Å²) < 4.78 is 6.80. The molecular weight excluding hydrogens is 232 g/mol. The van der Waals surface area contributed by atoms with Gasteiger partial charge in [0, 0.05) is 19.5 Å². The van der Waals surface area contributed by atoms with Crippen molar-refractivity contribution in [1.29, 1.82) is 0 Å². The van der Waals surface area contributed by atoms with Gasteiger partial charge in [-0.2, -0.15) is 5.10 Å². The van der Waals surface area contributed by atoms with E-state index in [-0.39, 0.29) is 0 Å². The predicted octanol–water partition coefficient (Wildman–Crippen LogP) is 1.82. The summed E-state index contributed by atoms with van der Waals surface area (Å²) in [5.74, 6) is -1.02. The monoisotopic (exact) mass is 246 g/mol. The Kier molecular flexibility index (Phi) is 3.16. The maximum absolute atomic E-state index is 11.2. The number of benzene rings is 1. The molecule has 1 heterocycles. The lowest BCUT2D eigenvalue weighted by molar-refractivity contribution is -0.161. The molecule has 1 atom stereocenters. The van der Waals surface area contributed by atoms with Crippen molar-refractivity contribution in [3.8, 4) is 5.69 Å². The Balaban J connectivity index is 2.36. The lowest BCUT2D eigenvalue weighted by atomic mass is 9.96. The maximum Gasteiger partial charge on any atom is 0.340 e. The van der Waals surface area contributed by atoms with Crippen molar-refractivity contribution in [2.45, 2.75) is 12.5 Å². The number of methoxy groups -OCH3 is 1. The molecule has 0 aliphatic heterocycles. The summed E-state index contributed by atoms with van der Waals surface area (Å²) in [5, 5.41) is 13.3. The molecule has 0 amide bonds. The summed E-state index contributed by atoms with van der Waals surface area (Å²) in [6, 6.07) is 8.90. The highest BCUT2D eigenvalue weighted by atomic mass is 16.5. The highest BCUT2D eigenvalue weighted by molar-refractivity contribution is 5.79. The number of carboxylic acid groups (broad SMARTS) is 1. The average Bonchev–Trinajstić information content (AvgIpc) is 2.91. The summed E-state index contributed by atoms with van der Waals surface area (Å²) in [7, 11) is 1.38. The Bertz CT molecular complexity index is 534. The van der Waals surface area contributed by atoms with Gasteiger partial charge in [0.1, 0.15) is 0 Å². The lowest BCUT2D eigenvalue weighted by Gasteiger charge is -2.23. The van der Waals surface area contributed by atoms with Crippen LogP contribution >= 0.6 is 0 Å². The minimum atomic E-state index is -1.33. The van der Waals surface area contributed by atoms with Crippen LogP contribution < -0.4 is 0 Å². The molecular formula is C13H14N2O3. The smallest absolute Gasteiger partial charge is 0.340 e. The Morgan fingerprint density at radius 2 is 2.06 bits per heavy atom. The molecule has 0 fully saturated rings. The topological polar surface area (TPSA) is 64.3 Å². The number of rotatable bonds is 4. The zero-order valence-corrected chi connectivity index (χ0v) is 10.2. The second-order valence-electron chi connectivity index (χ2n) is 4.04. The van der Waals surface area contributed by atoms with Crippen LogP contribution in [-0.4, -0.2) is 28.0 Å². The van der Waals surface area contributed by atoms with E-state index in [2.05, 4.69) is 5.10 Å². The van der Waals surface area contributed by atoms with Gasteiger partial charge in [0.25, 0.3) is 0 Å². The van der Waals surface area contributed by atoms with Crippen molar-refractivity contribution >= 4 is 5.97 Å². The number of ether oxygens (including phenoxy) is 1. The summed E-state index contributed by atoms with van der Waals surface area (Å²) in [4.78, 5) is 11.2. The molecule has 94 valence electrons. The van der Waals surface area contributed by atoms with Gasteiger partial charge in [0.2, 0.25) is 0 Å². The first-order valence-corrected chi connectivity index (χ1v) is 5.47. The summed E-state index contributed by atoms with van der Waals surface area (Å²) in [6.07, 6.45) is 3.51.